The predicted octanol–water partition coefficient (Wildman–Crippen LogP) is 4.17. The van der Waals surface area contributed by atoms with E-state index in [2.05, 4.69) is 26.2 Å². The molecule has 0 unspecified atom stereocenters. The molecule has 1 amide bonds. The molecule has 0 radical (unpaired) electrons. The van der Waals surface area contributed by atoms with E-state index in [1.165, 1.54) is 18.1 Å². The molecule has 0 aliphatic rings. The fraction of sp³-hybridized carbons (Fsp3) is 0.143. The van der Waals surface area contributed by atoms with Crippen LogP contribution in [-0.4, -0.2) is 41.7 Å². The number of amides is 1. The summed E-state index contributed by atoms with van der Waals surface area (Å²) in [5.41, 5.74) is 2.23. The molecule has 1 N–H and O–H groups in total. The molecule has 0 saturated heterocycles. The molecule has 2 heterocycles. The van der Waals surface area contributed by atoms with Gasteiger partial charge in [0.25, 0.3) is 5.91 Å². The molecule has 7 nitrogen and oxygen atoms in total. The van der Waals surface area contributed by atoms with Crippen molar-refractivity contribution >= 4 is 59.5 Å². The Morgan fingerprint density at radius 1 is 1.07 bits per heavy atom. The molecule has 4 rings (SSSR count). The molecule has 9 heteroatoms. The Kier molecular flexibility index (Phi) is 5.13. The minimum atomic E-state index is -3.82. The standard InChI is InChI=1S/C21H19BrN4O3S/c1-13-20-17(15-11-7-8-12-16(15)26(20)30(28,29)25(2)3)18(22)19(23-13)21(27)24-14-9-5-4-6-10-14/h4-12H,1-3H3,(H,24,27). The molecule has 0 aliphatic carbocycles. The summed E-state index contributed by atoms with van der Waals surface area (Å²) < 4.78 is 29.1. The number of rotatable bonds is 4. The van der Waals surface area contributed by atoms with Crippen molar-refractivity contribution in [2.45, 2.75) is 6.92 Å². The number of hydrogen-bond acceptors (Lipinski definition) is 4. The first-order valence-corrected chi connectivity index (χ1v) is 11.3. The summed E-state index contributed by atoms with van der Waals surface area (Å²) in [4.78, 5) is 17.4. The lowest BCUT2D eigenvalue weighted by Crippen LogP contribution is -2.29. The summed E-state index contributed by atoms with van der Waals surface area (Å²) in [6.07, 6.45) is 0. The van der Waals surface area contributed by atoms with Gasteiger partial charge in [-0.05, 0) is 41.1 Å². The SMILES string of the molecule is Cc1nc(C(=O)Nc2ccccc2)c(Br)c2c3ccccc3n(S(=O)(=O)N(C)C)c12. The third-order valence-electron chi connectivity index (χ3n) is 4.82. The third kappa shape index (κ3) is 3.19. The number of anilines is 1. The third-order valence-corrected chi connectivity index (χ3v) is 7.36. The van der Waals surface area contributed by atoms with Crippen LogP contribution in [0.15, 0.2) is 59.1 Å². The van der Waals surface area contributed by atoms with E-state index < -0.39 is 10.2 Å². The highest BCUT2D eigenvalue weighted by molar-refractivity contribution is 9.10. The summed E-state index contributed by atoms with van der Waals surface area (Å²) in [5, 5.41) is 4.17. The van der Waals surface area contributed by atoms with E-state index in [0.717, 1.165) is 4.31 Å². The average Bonchev–Trinajstić information content (AvgIpc) is 3.08. The van der Waals surface area contributed by atoms with Gasteiger partial charge >= 0.3 is 10.2 Å². The van der Waals surface area contributed by atoms with Crippen LogP contribution in [0.4, 0.5) is 5.69 Å². The Hall–Kier alpha value is -2.75. The number of nitrogens with one attached hydrogen (secondary N) is 1. The van der Waals surface area contributed by atoms with Crippen LogP contribution in [0.5, 0.6) is 0 Å². The number of hydrogen-bond donors (Lipinski definition) is 1. The molecule has 0 bridgehead atoms. The van der Waals surface area contributed by atoms with E-state index in [9.17, 15) is 13.2 Å². The number of halogens is 1. The second-order valence-electron chi connectivity index (χ2n) is 6.98. The summed E-state index contributed by atoms with van der Waals surface area (Å²) in [6, 6.07) is 16.3. The average molecular weight is 487 g/mol. The van der Waals surface area contributed by atoms with Crippen molar-refractivity contribution < 1.29 is 13.2 Å². The molecule has 154 valence electrons. The summed E-state index contributed by atoms with van der Waals surface area (Å²) in [6.45, 7) is 1.70. The second-order valence-corrected chi connectivity index (χ2v) is 9.76. The molecule has 2 aromatic carbocycles. The van der Waals surface area contributed by atoms with Gasteiger partial charge < -0.3 is 5.32 Å². The minimum Gasteiger partial charge on any atom is -0.321 e. The number of aromatic nitrogens is 2. The highest BCUT2D eigenvalue weighted by Gasteiger charge is 2.28. The summed E-state index contributed by atoms with van der Waals surface area (Å²) in [5.74, 6) is -0.384. The Balaban J connectivity index is 2.02. The topological polar surface area (TPSA) is 84.3 Å². The maximum Gasteiger partial charge on any atom is 0.308 e. The quantitative estimate of drug-likeness (QED) is 0.469. The van der Waals surface area contributed by atoms with Crippen molar-refractivity contribution in [3.63, 3.8) is 0 Å². The van der Waals surface area contributed by atoms with E-state index in [1.54, 1.807) is 31.2 Å². The lowest BCUT2D eigenvalue weighted by molar-refractivity contribution is 0.102. The molecule has 0 aliphatic heterocycles. The van der Waals surface area contributed by atoms with Gasteiger partial charge in [0.2, 0.25) is 0 Å². The molecule has 4 aromatic rings. The number of benzene rings is 2. The number of nitrogens with zero attached hydrogens (tertiary/aromatic N) is 3. The van der Waals surface area contributed by atoms with Crippen molar-refractivity contribution in [1.82, 2.24) is 13.3 Å². The van der Waals surface area contributed by atoms with Crippen molar-refractivity contribution in [1.29, 1.82) is 0 Å². The number of para-hydroxylation sites is 2. The van der Waals surface area contributed by atoms with Gasteiger partial charge in [0, 0.05) is 30.6 Å². The van der Waals surface area contributed by atoms with Gasteiger partial charge in [-0.3, -0.25) is 4.79 Å². The van der Waals surface area contributed by atoms with Crippen molar-refractivity contribution in [3.8, 4) is 0 Å². The zero-order valence-electron chi connectivity index (χ0n) is 16.5. The van der Waals surface area contributed by atoms with Crippen LogP contribution in [0.25, 0.3) is 21.8 Å². The van der Waals surface area contributed by atoms with Gasteiger partial charge in [-0.2, -0.15) is 12.7 Å². The van der Waals surface area contributed by atoms with Crippen LogP contribution < -0.4 is 5.32 Å². The number of pyridine rings is 1. The van der Waals surface area contributed by atoms with Crippen molar-refractivity contribution in [2.75, 3.05) is 19.4 Å². The van der Waals surface area contributed by atoms with Crippen molar-refractivity contribution in [3.05, 3.63) is 70.5 Å². The van der Waals surface area contributed by atoms with Crippen LogP contribution in [0.3, 0.4) is 0 Å². The van der Waals surface area contributed by atoms with Gasteiger partial charge in [-0.1, -0.05) is 36.4 Å². The Labute approximate surface area is 182 Å². The van der Waals surface area contributed by atoms with E-state index in [0.29, 0.717) is 37.7 Å². The van der Waals surface area contributed by atoms with Gasteiger partial charge in [0.15, 0.2) is 0 Å². The van der Waals surface area contributed by atoms with Gasteiger partial charge in [-0.15, -0.1) is 0 Å². The molecular weight excluding hydrogens is 468 g/mol. The van der Waals surface area contributed by atoms with Crippen LogP contribution in [0.1, 0.15) is 16.2 Å². The van der Waals surface area contributed by atoms with E-state index in [-0.39, 0.29) is 11.6 Å². The first-order chi connectivity index (χ1) is 14.2. The van der Waals surface area contributed by atoms with Gasteiger partial charge in [-0.25, -0.2) is 8.96 Å². The molecule has 0 spiro atoms. The Bertz CT molecular complexity index is 1400. The van der Waals surface area contributed by atoms with E-state index in [1.807, 2.05) is 30.3 Å². The lowest BCUT2D eigenvalue weighted by Gasteiger charge is -2.16. The molecule has 30 heavy (non-hydrogen) atoms. The maximum absolute atomic E-state index is 13.1. The summed E-state index contributed by atoms with van der Waals surface area (Å²) >= 11 is 3.52. The Morgan fingerprint density at radius 3 is 2.37 bits per heavy atom. The van der Waals surface area contributed by atoms with Crippen LogP contribution >= 0.6 is 15.9 Å². The van der Waals surface area contributed by atoms with Crippen LogP contribution in [0, 0.1) is 6.92 Å². The molecular formula is C21H19BrN4O3S. The fourth-order valence-corrected chi connectivity index (χ4v) is 5.27. The van der Waals surface area contributed by atoms with Crippen LogP contribution in [0.2, 0.25) is 0 Å². The molecule has 2 aromatic heterocycles. The van der Waals surface area contributed by atoms with Gasteiger partial charge in [0.05, 0.1) is 21.2 Å². The first kappa shape index (κ1) is 20.5. The smallest absolute Gasteiger partial charge is 0.308 e. The normalized spacial score (nSPS) is 12.0. The minimum absolute atomic E-state index is 0.189. The highest BCUT2D eigenvalue weighted by atomic mass is 79.9. The Morgan fingerprint density at radius 2 is 1.70 bits per heavy atom. The monoisotopic (exact) mass is 486 g/mol. The van der Waals surface area contributed by atoms with Gasteiger partial charge in [0.1, 0.15) is 5.69 Å². The molecule has 0 saturated carbocycles. The summed E-state index contributed by atoms with van der Waals surface area (Å²) in [7, 11) is -0.856. The van der Waals surface area contributed by atoms with Crippen LogP contribution in [-0.2, 0) is 10.2 Å². The number of fused-ring (bicyclic) bond motifs is 3. The maximum atomic E-state index is 13.1. The zero-order chi connectivity index (χ0) is 21.6. The number of carbonyl (C=O) groups is 1. The number of aryl methyl sites for hydroxylation is 1. The molecule has 0 fully saturated rings. The number of carbonyl (C=O) groups excluding carboxylic acids is 1. The zero-order valence-corrected chi connectivity index (χ0v) is 19.0. The van der Waals surface area contributed by atoms with Crippen molar-refractivity contribution in [2.24, 2.45) is 0 Å². The second kappa shape index (κ2) is 7.50. The van der Waals surface area contributed by atoms with E-state index >= 15 is 0 Å². The molecule has 0 atom stereocenters. The lowest BCUT2D eigenvalue weighted by atomic mass is 10.1. The van der Waals surface area contributed by atoms with E-state index in [4.69, 9.17) is 0 Å². The largest absolute Gasteiger partial charge is 0.321 e. The fourth-order valence-electron chi connectivity index (χ4n) is 3.42. The first-order valence-electron chi connectivity index (χ1n) is 9.12. The highest BCUT2D eigenvalue weighted by Crippen LogP contribution is 2.38. The predicted molar refractivity (Wildman–Crippen MR) is 122 cm³/mol.